The van der Waals surface area contributed by atoms with Gasteiger partial charge in [0.05, 0.1) is 17.9 Å². The number of ether oxygens (including phenoxy) is 1. The molecule has 7 heteroatoms. The zero-order chi connectivity index (χ0) is 21.1. The summed E-state index contributed by atoms with van der Waals surface area (Å²) in [7, 11) is 1.67. The molecule has 1 aliphatic carbocycles. The van der Waals surface area contributed by atoms with E-state index in [1.807, 2.05) is 12.1 Å². The predicted octanol–water partition coefficient (Wildman–Crippen LogP) is 2.88. The van der Waals surface area contributed by atoms with Crippen LogP contribution in [0, 0.1) is 0 Å². The molecule has 0 N–H and O–H groups in total. The molecule has 1 aliphatic heterocycles. The van der Waals surface area contributed by atoms with Crippen molar-refractivity contribution in [1.82, 2.24) is 14.5 Å². The van der Waals surface area contributed by atoms with Crippen molar-refractivity contribution in [3.8, 4) is 11.3 Å². The number of benzene rings is 1. The molecule has 30 heavy (non-hydrogen) atoms. The molecular weight excluding hydrogens is 398 g/mol. The smallest absolute Gasteiger partial charge is 0.258 e. The molecule has 0 unspecified atom stereocenters. The van der Waals surface area contributed by atoms with Crippen LogP contribution in [0.2, 0.25) is 0 Å². The van der Waals surface area contributed by atoms with Gasteiger partial charge >= 0.3 is 0 Å². The zero-order valence-corrected chi connectivity index (χ0v) is 18.1. The Morgan fingerprint density at radius 3 is 2.77 bits per heavy atom. The van der Waals surface area contributed by atoms with Gasteiger partial charge in [-0.05, 0) is 24.8 Å². The minimum atomic E-state index is -0.286. The number of fused-ring (bicyclic) bond motifs is 4. The van der Waals surface area contributed by atoms with E-state index >= 15 is 0 Å². The number of rotatable bonds is 7. The monoisotopic (exact) mass is 425 g/mol. The van der Waals surface area contributed by atoms with Gasteiger partial charge in [-0.3, -0.25) is 14.2 Å². The van der Waals surface area contributed by atoms with Crippen molar-refractivity contribution in [3.63, 3.8) is 0 Å². The minimum absolute atomic E-state index is 0.0221. The number of likely N-dealkylation sites (tertiary alicyclic amines) is 1. The highest BCUT2D eigenvalue weighted by atomic mass is 32.2. The Labute approximate surface area is 181 Å². The van der Waals surface area contributed by atoms with Gasteiger partial charge in [0.2, 0.25) is 6.41 Å². The molecule has 0 radical (unpaired) electrons. The topological polar surface area (TPSA) is 64.4 Å². The maximum Gasteiger partial charge on any atom is 0.258 e. The van der Waals surface area contributed by atoms with Crippen LogP contribution >= 0.6 is 11.8 Å². The van der Waals surface area contributed by atoms with Crippen LogP contribution in [0.15, 0.2) is 46.9 Å². The molecular formula is C23H27N3O3S. The SMILES string of the molecule is C=CCn1c(SCCOC)nc2c(c1=O)C1(CCN(C=O)CC1)Cc1ccccc1-2. The summed E-state index contributed by atoms with van der Waals surface area (Å²) < 4.78 is 6.93. The summed E-state index contributed by atoms with van der Waals surface area (Å²) in [5.41, 5.74) is 3.63. The normalized spacial score (nSPS) is 16.8. The van der Waals surface area contributed by atoms with Crippen molar-refractivity contribution >= 4 is 18.2 Å². The minimum Gasteiger partial charge on any atom is -0.384 e. The Balaban J connectivity index is 1.90. The lowest BCUT2D eigenvalue weighted by Gasteiger charge is -2.44. The summed E-state index contributed by atoms with van der Waals surface area (Å²) in [4.78, 5) is 31.9. The largest absolute Gasteiger partial charge is 0.384 e. The first-order valence-corrected chi connectivity index (χ1v) is 11.3. The highest BCUT2D eigenvalue weighted by Crippen LogP contribution is 2.46. The van der Waals surface area contributed by atoms with Gasteiger partial charge in [0.1, 0.15) is 0 Å². The van der Waals surface area contributed by atoms with Gasteiger partial charge in [-0.25, -0.2) is 4.98 Å². The Kier molecular flexibility index (Phi) is 6.11. The third-order valence-electron chi connectivity index (χ3n) is 6.20. The van der Waals surface area contributed by atoms with E-state index in [-0.39, 0.29) is 11.0 Å². The van der Waals surface area contributed by atoms with Crippen LogP contribution in [-0.2, 0) is 27.9 Å². The van der Waals surface area contributed by atoms with Crippen LogP contribution < -0.4 is 5.56 Å². The number of hydrogen-bond donors (Lipinski definition) is 0. The van der Waals surface area contributed by atoms with Gasteiger partial charge in [0.15, 0.2) is 5.16 Å². The average molecular weight is 426 g/mol. The Morgan fingerprint density at radius 2 is 2.07 bits per heavy atom. The summed E-state index contributed by atoms with van der Waals surface area (Å²) in [5.74, 6) is 0.722. The van der Waals surface area contributed by atoms with Crippen molar-refractivity contribution in [1.29, 1.82) is 0 Å². The van der Waals surface area contributed by atoms with Crippen molar-refractivity contribution in [3.05, 3.63) is 58.4 Å². The number of nitrogens with zero attached hydrogens (tertiary/aromatic N) is 3. The molecule has 2 aliphatic rings. The first-order valence-electron chi connectivity index (χ1n) is 10.3. The van der Waals surface area contributed by atoms with Gasteiger partial charge in [0, 0.05) is 43.5 Å². The van der Waals surface area contributed by atoms with Crippen LogP contribution in [0.3, 0.4) is 0 Å². The van der Waals surface area contributed by atoms with Crippen molar-refractivity contribution in [2.45, 2.75) is 36.4 Å². The Hall–Kier alpha value is -2.38. The average Bonchev–Trinajstić information content (AvgIpc) is 2.77. The number of hydrogen-bond acceptors (Lipinski definition) is 5. The molecule has 158 valence electrons. The molecule has 0 saturated carbocycles. The van der Waals surface area contributed by atoms with Gasteiger partial charge in [-0.2, -0.15) is 0 Å². The first-order chi connectivity index (χ1) is 14.6. The van der Waals surface area contributed by atoms with Crippen LogP contribution in [0.4, 0.5) is 0 Å². The van der Waals surface area contributed by atoms with Gasteiger partial charge in [-0.15, -0.1) is 6.58 Å². The molecule has 0 bridgehead atoms. The quantitative estimate of drug-likeness (QED) is 0.224. The molecule has 2 heterocycles. The predicted molar refractivity (Wildman–Crippen MR) is 119 cm³/mol. The molecule has 1 aromatic carbocycles. The third-order valence-corrected chi connectivity index (χ3v) is 7.14. The molecule has 1 spiro atoms. The number of amides is 1. The van der Waals surface area contributed by atoms with Crippen molar-refractivity contribution < 1.29 is 9.53 Å². The number of methoxy groups -OCH3 is 1. The molecule has 2 aromatic rings. The van der Waals surface area contributed by atoms with E-state index < -0.39 is 0 Å². The number of carbonyl (C=O) groups is 1. The number of aromatic nitrogens is 2. The molecule has 1 fully saturated rings. The van der Waals surface area contributed by atoms with Crippen LogP contribution in [0.25, 0.3) is 11.3 Å². The van der Waals surface area contributed by atoms with E-state index in [4.69, 9.17) is 9.72 Å². The summed E-state index contributed by atoms with van der Waals surface area (Å²) >= 11 is 1.54. The van der Waals surface area contributed by atoms with E-state index in [0.29, 0.717) is 31.4 Å². The number of thioether (sulfide) groups is 1. The molecule has 6 nitrogen and oxygen atoms in total. The highest BCUT2D eigenvalue weighted by molar-refractivity contribution is 7.99. The van der Waals surface area contributed by atoms with E-state index in [9.17, 15) is 9.59 Å². The Morgan fingerprint density at radius 1 is 1.30 bits per heavy atom. The third kappa shape index (κ3) is 3.61. The molecule has 1 saturated heterocycles. The van der Waals surface area contributed by atoms with E-state index in [0.717, 1.165) is 48.2 Å². The second-order valence-corrected chi connectivity index (χ2v) is 8.98. The van der Waals surface area contributed by atoms with E-state index in [1.54, 1.807) is 22.7 Å². The van der Waals surface area contributed by atoms with Gasteiger partial charge in [-0.1, -0.05) is 42.1 Å². The number of carbonyl (C=O) groups excluding carboxylic acids is 1. The molecule has 4 rings (SSSR count). The fourth-order valence-corrected chi connectivity index (χ4v) is 5.57. The fraction of sp³-hybridized carbons (Fsp3) is 0.435. The lowest BCUT2D eigenvalue weighted by atomic mass is 9.64. The first kappa shape index (κ1) is 20.9. The lowest BCUT2D eigenvalue weighted by Crippen LogP contribution is -2.49. The van der Waals surface area contributed by atoms with Crippen molar-refractivity contribution in [2.75, 3.05) is 32.6 Å². The van der Waals surface area contributed by atoms with Crippen molar-refractivity contribution in [2.24, 2.45) is 0 Å². The fourth-order valence-electron chi connectivity index (χ4n) is 4.67. The summed E-state index contributed by atoms with van der Waals surface area (Å²) in [6, 6.07) is 8.26. The highest BCUT2D eigenvalue weighted by Gasteiger charge is 2.44. The second kappa shape index (κ2) is 8.78. The number of piperidine rings is 1. The summed E-state index contributed by atoms with van der Waals surface area (Å²) in [6.07, 6.45) is 5.01. The number of allylic oxidation sites excluding steroid dienone is 1. The van der Waals surface area contributed by atoms with E-state index in [2.05, 4.69) is 18.7 Å². The summed E-state index contributed by atoms with van der Waals surface area (Å²) in [6.45, 7) is 6.18. The summed E-state index contributed by atoms with van der Waals surface area (Å²) in [5, 5.41) is 0.702. The standard InChI is InChI=1S/C23H27N3O3S/c1-3-10-26-21(28)19-20(24-22(26)30-14-13-29-2)18-7-5-4-6-17(18)15-23(19)8-11-25(16-27)12-9-23/h3-7,16H,1,8-15H2,2H3. The zero-order valence-electron chi connectivity index (χ0n) is 17.3. The van der Waals surface area contributed by atoms with Crippen LogP contribution in [0.1, 0.15) is 24.0 Å². The maximum absolute atomic E-state index is 13.8. The van der Waals surface area contributed by atoms with E-state index in [1.165, 1.54) is 17.3 Å². The molecule has 1 amide bonds. The maximum atomic E-state index is 13.8. The molecule has 0 atom stereocenters. The van der Waals surface area contributed by atoms with Crippen LogP contribution in [0.5, 0.6) is 0 Å². The Bertz CT molecular complexity index is 1010. The van der Waals surface area contributed by atoms with Gasteiger partial charge in [0.25, 0.3) is 5.56 Å². The molecule has 1 aromatic heterocycles. The lowest BCUT2D eigenvalue weighted by molar-refractivity contribution is -0.119. The van der Waals surface area contributed by atoms with Crippen LogP contribution in [-0.4, -0.2) is 53.4 Å². The van der Waals surface area contributed by atoms with Gasteiger partial charge < -0.3 is 9.64 Å². The second-order valence-electron chi connectivity index (χ2n) is 7.92.